The van der Waals surface area contributed by atoms with E-state index in [0.29, 0.717) is 0 Å². The first-order valence-corrected chi connectivity index (χ1v) is 6.43. The van der Waals surface area contributed by atoms with Crippen LogP contribution in [0, 0.1) is 13.8 Å². The normalized spacial score (nSPS) is 10.7. The van der Waals surface area contributed by atoms with Crippen LogP contribution in [-0.4, -0.2) is 9.78 Å². The average Bonchev–Trinajstić information content (AvgIpc) is 2.71. The van der Waals surface area contributed by atoms with E-state index >= 15 is 0 Å². The van der Waals surface area contributed by atoms with Gasteiger partial charge in [-0.25, -0.2) is 0 Å². The number of anilines is 1. The molecule has 0 bridgehead atoms. The molecule has 2 rings (SSSR count). The minimum absolute atomic E-state index is 0.835. The smallest absolute Gasteiger partial charge is 0.0671 e. The van der Waals surface area contributed by atoms with Crippen LogP contribution in [0.1, 0.15) is 29.3 Å². The Morgan fingerprint density at radius 2 is 2.06 bits per heavy atom. The molecule has 0 amide bonds. The molecule has 3 nitrogen and oxygen atoms in total. The molecular formula is C15H21N3. The molecule has 1 aromatic heterocycles. The molecule has 96 valence electrons. The van der Waals surface area contributed by atoms with Crippen molar-refractivity contribution < 1.29 is 0 Å². The van der Waals surface area contributed by atoms with Gasteiger partial charge in [0.1, 0.15) is 0 Å². The Morgan fingerprint density at radius 1 is 1.28 bits per heavy atom. The minimum atomic E-state index is 0.835. The summed E-state index contributed by atoms with van der Waals surface area (Å²) in [7, 11) is 1.97. The summed E-state index contributed by atoms with van der Waals surface area (Å²) in [6.07, 6.45) is 3.07. The minimum Gasteiger partial charge on any atom is -0.381 e. The van der Waals surface area contributed by atoms with Crippen LogP contribution in [0.2, 0.25) is 0 Å². The van der Waals surface area contributed by atoms with E-state index in [2.05, 4.69) is 55.6 Å². The third-order valence-electron chi connectivity index (χ3n) is 3.40. The zero-order valence-corrected chi connectivity index (χ0v) is 11.6. The number of aryl methyl sites for hydroxylation is 3. The lowest BCUT2D eigenvalue weighted by molar-refractivity contribution is 0.746. The Bertz CT molecular complexity index is 541. The Kier molecular flexibility index (Phi) is 3.70. The van der Waals surface area contributed by atoms with E-state index in [9.17, 15) is 0 Å². The van der Waals surface area contributed by atoms with Crippen LogP contribution in [0.5, 0.6) is 0 Å². The molecule has 0 fully saturated rings. The van der Waals surface area contributed by atoms with E-state index in [-0.39, 0.29) is 0 Å². The highest BCUT2D eigenvalue weighted by atomic mass is 15.3. The molecule has 0 unspecified atom stereocenters. The van der Waals surface area contributed by atoms with Crippen LogP contribution in [0.3, 0.4) is 0 Å². The Labute approximate surface area is 109 Å². The number of hydrogen-bond acceptors (Lipinski definition) is 2. The molecule has 1 heterocycles. The summed E-state index contributed by atoms with van der Waals surface area (Å²) in [6, 6.07) is 6.36. The summed E-state index contributed by atoms with van der Waals surface area (Å²) < 4.78 is 1.89. The molecule has 1 aromatic carbocycles. The maximum absolute atomic E-state index is 4.46. The van der Waals surface area contributed by atoms with Gasteiger partial charge in [-0.05, 0) is 37.5 Å². The maximum atomic E-state index is 4.46. The maximum Gasteiger partial charge on any atom is 0.0671 e. The van der Waals surface area contributed by atoms with Crippen molar-refractivity contribution >= 4 is 5.69 Å². The van der Waals surface area contributed by atoms with Gasteiger partial charge in [-0.1, -0.05) is 19.1 Å². The fourth-order valence-corrected chi connectivity index (χ4v) is 2.16. The van der Waals surface area contributed by atoms with Gasteiger partial charge in [-0.15, -0.1) is 0 Å². The highest BCUT2D eigenvalue weighted by Gasteiger charge is 2.06. The lowest BCUT2D eigenvalue weighted by Crippen LogP contribution is -2.03. The van der Waals surface area contributed by atoms with Crippen molar-refractivity contribution in [3.05, 3.63) is 46.8 Å². The summed E-state index contributed by atoms with van der Waals surface area (Å²) in [6.45, 7) is 7.27. The molecule has 0 atom stereocenters. The van der Waals surface area contributed by atoms with E-state index < -0.39 is 0 Å². The summed E-state index contributed by atoms with van der Waals surface area (Å²) in [5.74, 6) is 0. The molecule has 3 heteroatoms. The average molecular weight is 243 g/mol. The van der Waals surface area contributed by atoms with Gasteiger partial charge in [0.25, 0.3) is 0 Å². The van der Waals surface area contributed by atoms with Gasteiger partial charge in [-0.3, -0.25) is 4.68 Å². The van der Waals surface area contributed by atoms with Crippen molar-refractivity contribution in [2.24, 2.45) is 7.05 Å². The monoisotopic (exact) mass is 243 g/mol. The largest absolute Gasteiger partial charge is 0.381 e. The van der Waals surface area contributed by atoms with E-state index in [0.717, 1.165) is 13.0 Å². The summed E-state index contributed by atoms with van der Waals surface area (Å²) in [5, 5.41) is 7.96. The predicted molar refractivity (Wildman–Crippen MR) is 75.8 cm³/mol. The second-order valence-corrected chi connectivity index (χ2v) is 4.73. The van der Waals surface area contributed by atoms with E-state index in [1.807, 2.05) is 11.7 Å². The number of nitrogens with zero attached hydrogens (tertiary/aromatic N) is 2. The number of aromatic nitrogens is 2. The van der Waals surface area contributed by atoms with Crippen LogP contribution in [-0.2, 0) is 20.0 Å². The molecule has 0 aliphatic heterocycles. The van der Waals surface area contributed by atoms with Crippen molar-refractivity contribution in [3.63, 3.8) is 0 Å². The lowest BCUT2D eigenvalue weighted by Gasteiger charge is -2.11. The fourth-order valence-electron chi connectivity index (χ4n) is 2.16. The molecule has 18 heavy (non-hydrogen) atoms. The number of rotatable bonds is 4. The third-order valence-corrected chi connectivity index (χ3v) is 3.40. The Balaban J connectivity index is 2.13. The van der Waals surface area contributed by atoms with E-state index in [1.165, 1.54) is 28.1 Å². The second kappa shape index (κ2) is 5.25. The van der Waals surface area contributed by atoms with Gasteiger partial charge in [-0.2, -0.15) is 5.10 Å². The van der Waals surface area contributed by atoms with Gasteiger partial charge < -0.3 is 5.32 Å². The van der Waals surface area contributed by atoms with E-state index in [4.69, 9.17) is 0 Å². The lowest BCUT2D eigenvalue weighted by atomic mass is 10.1. The molecule has 0 saturated heterocycles. The first-order chi connectivity index (χ1) is 8.61. The molecule has 2 aromatic rings. The molecule has 0 saturated carbocycles. The quantitative estimate of drug-likeness (QED) is 0.893. The van der Waals surface area contributed by atoms with Gasteiger partial charge >= 0.3 is 0 Å². The standard InChI is InChI=1S/C15H21N3/c1-5-14-13(10-18(4)17-14)9-16-15-8-6-7-11(2)12(15)3/h6-8,10,16H,5,9H2,1-4H3. The third kappa shape index (κ3) is 2.55. The Hall–Kier alpha value is -1.77. The van der Waals surface area contributed by atoms with Crippen LogP contribution in [0.15, 0.2) is 24.4 Å². The zero-order chi connectivity index (χ0) is 13.1. The molecule has 0 spiro atoms. The van der Waals surface area contributed by atoms with Gasteiger partial charge in [0, 0.05) is 31.0 Å². The van der Waals surface area contributed by atoms with Crippen molar-refractivity contribution in [2.75, 3.05) is 5.32 Å². The van der Waals surface area contributed by atoms with Gasteiger partial charge in [0.15, 0.2) is 0 Å². The van der Waals surface area contributed by atoms with Crippen LogP contribution in [0.25, 0.3) is 0 Å². The number of hydrogen-bond donors (Lipinski definition) is 1. The predicted octanol–water partition coefficient (Wildman–Crippen LogP) is 3.21. The highest BCUT2D eigenvalue weighted by Crippen LogP contribution is 2.19. The molecule has 0 radical (unpaired) electrons. The van der Waals surface area contributed by atoms with E-state index in [1.54, 1.807) is 0 Å². The van der Waals surface area contributed by atoms with Crippen LogP contribution >= 0.6 is 0 Å². The van der Waals surface area contributed by atoms with Crippen LogP contribution in [0.4, 0.5) is 5.69 Å². The number of benzene rings is 1. The Morgan fingerprint density at radius 3 is 2.78 bits per heavy atom. The van der Waals surface area contributed by atoms with Crippen molar-refractivity contribution in [1.82, 2.24) is 9.78 Å². The summed E-state index contributed by atoms with van der Waals surface area (Å²) in [4.78, 5) is 0. The van der Waals surface area contributed by atoms with Gasteiger partial charge in [0.2, 0.25) is 0 Å². The number of nitrogens with one attached hydrogen (secondary N) is 1. The van der Waals surface area contributed by atoms with Crippen molar-refractivity contribution in [1.29, 1.82) is 0 Å². The first kappa shape index (κ1) is 12.7. The second-order valence-electron chi connectivity index (χ2n) is 4.73. The molecule has 0 aliphatic rings. The topological polar surface area (TPSA) is 29.9 Å². The zero-order valence-electron chi connectivity index (χ0n) is 11.6. The molecule has 0 aliphatic carbocycles. The summed E-state index contributed by atoms with van der Waals surface area (Å²) >= 11 is 0. The van der Waals surface area contributed by atoms with Crippen molar-refractivity contribution in [2.45, 2.75) is 33.7 Å². The first-order valence-electron chi connectivity index (χ1n) is 6.43. The SMILES string of the molecule is CCc1nn(C)cc1CNc1cccc(C)c1C. The van der Waals surface area contributed by atoms with Crippen LogP contribution < -0.4 is 5.32 Å². The fraction of sp³-hybridized carbons (Fsp3) is 0.400. The molecular weight excluding hydrogens is 222 g/mol. The van der Waals surface area contributed by atoms with Gasteiger partial charge in [0.05, 0.1) is 5.69 Å². The summed E-state index contributed by atoms with van der Waals surface area (Å²) in [5.41, 5.74) is 6.30. The molecule has 1 N–H and O–H groups in total. The van der Waals surface area contributed by atoms with Crippen molar-refractivity contribution in [3.8, 4) is 0 Å². The highest BCUT2D eigenvalue weighted by molar-refractivity contribution is 5.53.